The quantitative estimate of drug-likeness (QED) is 0.627. The highest BCUT2D eigenvalue weighted by molar-refractivity contribution is 5.94. The van der Waals surface area contributed by atoms with Gasteiger partial charge in [-0.2, -0.15) is 5.10 Å². The largest absolute Gasteiger partial charge is 0.331 e. The van der Waals surface area contributed by atoms with Crippen molar-refractivity contribution in [2.24, 2.45) is 0 Å². The Morgan fingerprint density at radius 2 is 1.84 bits per heavy atom. The number of hydrogen-bond acceptors (Lipinski definition) is 3. The summed E-state index contributed by atoms with van der Waals surface area (Å²) in [4.78, 5) is 28.6. The van der Waals surface area contributed by atoms with E-state index in [1.807, 2.05) is 37.3 Å². The number of anilines is 1. The van der Waals surface area contributed by atoms with Gasteiger partial charge in [0.25, 0.3) is 0 Å². The van der Waals surface area contributed by atoms with Gasteiger partial charge in [-0.3, -0.25) is 4.79 Å². The first-order valence-corrected chi connectivity index (χ1v) is 11.0. The van der Waals surface area contributed by atoms with Gasteiger partial charge in [-0.05, 0) is 31.0 Å². The third-order valence-electron chi connectivity index (χ3n) is 5.01. The van der Waals surface area contributed by atoms with Crippen LogP contribution in [0.25, 0.3) is 5.69 Å². The van der Waals surface area contributed by atoms with E-state index in [0.29, 0.717) is 12.4 Å². The zero-order valence-corrected chi connectivity index (χ0v) is 20.0. The monoisotopic (exact) mass is 427 g/mol. The van der Waals surface area contributed by atoms with Crippen molar-refractivity contribution < 1.29 is 9.59 Å². The predicted octanol–water partition coefficient (Wildman–Crippen LogP) is 4.59. The fourth-order valence-electron chi connectivity index (χ4n) is 3.23. The second kappa shape index (κ2) is 10.5. The summed E-state index contributed by atoms with van der Waals surface area (Å²) in [6, 6.07) is 9.75. The van der Waals surface area contributed by atoms with Gasteiger partial charge in [0.05, 0.1) is 11.4 Å². The molecule has 0 spiro atoms. The first-order valence-electron chi connectivity index (χ1n) is 11.0. The van der Waals surface area contributed by atoms with Crippen molar-refractivity contribution in [1.82, 2.24) is 19.6 Å². The topological polar surface area (TPSA) is 70.5 Å². The van der Waals surface area contributed by atoms with Crippen LogP contribution in [0.4, 0.5) is 10.6 Å². The van der Waals surface area contributed by atoms with Gasteiger partial charge in [0.2, 0.25) is 5.91 Å². The van der Waals surface area contributed by atoms with Crippen LogP contribution >= 0.6 is 0 Å². The van der Waals surface area contributed by atoms with Crippen LogP contribution in [0.1, 0.15) is 58.2 Å². The molecule has 7 nitrogen and oxygen atoms in total. The maximum absolute atomic E-state index is 12.9. The van der Waals surface area contributed by atoms with Gasteiger partial charge in [-0.25, -0.2) is 9.48 Å². The molecule has 1 aromatic heterocycles. The van der Waals surface area contributed by atoms with Crippen molar-refractivity contribution in [3.8, 4) is 5.69 Å². The SMILES string of the molecule is CCCCCN(CC(=O)Nc1cc(C(C)(C)C)nn1-c1cccc(C)c1)C(=O)N(C)C. The predicted molar refractivity (Wildman–Crippen MR) is 126 cm³/mol. The molecule has 0 unspecified atom stereocenters. The molecule has 0 aliphatic heterocycles. The Morgan fingerprint density at radius 3 is 2.42 bits per heavy atom. The normalized spacial score (nSPS) is 11.3. The Morgan fingerprint density at radius 1 is 1.13 bits per heavy atom. The molecule has 1 aromatic carbocycles. The molecular weight excluding hydrogens is 390 g/mol. The smallest absolute Gasteiger partial charge is 0.319 e. The molecule has 2 rings (SSSR count). The minimum atomic E-state index is -0.235. The molecule has 1 heterocycles. The third-order valence-corrected chi connectivity index (χ3v) is 5.01. The molecule has 2 aromatic rings. The van der Waals surface area contributed by atoms with Crippen LogP contribution < -0.4 is 5.32 Å². The van der Waals surface area contributed by atoms with Crippen LogP contribution in [-0.2, 0) is 10.2 Å². The summed E-state index contributed by atoms with van der Waals surface area (Å²) in [5.74, 6) is 0.368. The third kappa shape index (κ3) is 6.84. The van der Waals surface area contributed by atoms with Gasteiger partial charge in [0.15, 0.2) is 0 Å². The Balaban J connectivity index is 2.27. The van der Waals surface area contributed by atoms with E-state index in [1.165, 1.54) is 4.90 Å². The van der Waals surface area contributed by atoms with Gasteiger partial charge in [-0.15, -0.1) is 0 Å². The molecule has 0 radical (unpaired) electrons. The molecule has 0 aliphatic rings. The van der Waals surface area contributed by atoms with Gasteiger partial charge in [-0.1, -0.05) is 52.7 Å². The Labute approximate surface area is 186 Å². The van der Waals surface area contributed by atoms with Crippen molar-refractivity contribution in [2.45, 2.75) is 59.3 Å². The minimum Gasteiger partial charge on any atom is -0.331 e. The highest BCUT2D eigenvalue weighted by Gasteiger charge is 2.23. The number of amides is 3. The standard InChI is InChI=1S/C24H37N5O2/c1-8-9-10-14-28(23(31)27(6)7)17-22(30)25-21-16-20(24(3,4)5)26-29(21)19-13-11-12-18(2)15-19/h11-13,15-16H,8-10,14,17H2,1-7H3,(H,25,30). The van der Waals surface area contributed by atoms with Crippen molar-refractivity contribution >= 4 is 17.8 Å². The van der Waals surface area contributed by atoms with Crippen LogP contribution in [-0.4, -0.2) is 58.7 Å². The molecule has 0 aliphatic carbocycles. The fraction of sp³-hybridized carbons (Fsp3) is 0.542. The Kier molecular flexibility index (Phi) is 8.25. The van der Waals surface area contributed by atoms with E-state index in [4.69, 9.17) is 5.10 Å². The lowest BCUT2D eigenvalue weighted by molar-refractivity contribution is -0.116. The molecule has 3 amide bonds. The number of nitrogens with one attached hydrogen (secondary N) is 1. The molecule has 0 fully saturated rings. The molecule has 31 heavy (non-hydrogen) atoms. The fourth-order valence-corrected chi connectivity index (χ4v) is 3.23. The van der Waals surface area contributed by atoms with E-state index in [-0.39, 0.29) is 23.9 Å². The lowest BCUT2D eigenvalue weighted by Crippen LogP contribution is -2.44. The van der Waals surface area contributed by atoms with Crippen LogP contribution in [0.2, 0.25) is 0 Å². The number of benzene rings is 1. The molecule has 0 saturated heterocycles. The van der Waals surface area contributed by atoms with Crippen molar-refractivity contribution in [1.29, 1.82) is 0 Å². The van der Waals surface area contributed by atoms with Gasteiger partial charge < -0.3 is 15.1 Å². The molecular formula is C24H37N5O2. The van der Waals surface area contributed by atoms with Crippen molar-refractivity contribution in [2.75, 3.05) is 32.5 Å². The minimum absolute atomic E-state index is 0.00454. The maximum atomic E-state index is 12.9. The molecule has 170 valence electrons. The summed E-state index contributed by atoms with van der Waals surface area (Å²) in [6.45, 7) is 11.0. The van der Waals surface area contributed by atoms with E-state index < -0.39 is 0 Å². The Bertz CT molecular complexity index is 896. The Hall–Kier alpha value is -2.83. The highest BCUT2D eigenvalue weighted by atomic mass is 16.2. The number of aryl methyl sites for hydroxylation is 1. The number of aromatic nitrogens is 2. The first kappa shape index (κ1) is 24.4. The van der Waals surface area contributed by atoms with Crippen LogP contribution in [0.3, 0.4) is 0 Å². The maximum Gasteiger partial charge on any atom is 0.319 e. The highest BCUT2D eigenvalue weighted by Crippen LogP contribution is 2.26. The number of unbranched alkanes of at least 4 members (excludes halogenated alkanes) is 2. The average Bonchev–Trinajstić information content (AvgIpc) is 3.11. The van der Waals surface area contributed by atoms with Gasteiger partial charge in [0.1, 0.15) is 12.4 Å². The molecule has 0 atom stereocenters. The number of urea groups is 1. The molecule has 0 saturated carbocycles. The number of hydrogen-bond donors (Lipinski definition) is 1. The van der Waals surface area contributed by atoms with E-state index in [2.05, 4.69) is 33.0 Å². The summed E-state index contributed by atoms with van der Waals surface area (Å²) in [6.07, 6.45) is 2.95. The van der Waals surface area contributed by atoms with E-state index in [0.717, 1.165) is 36.2 Å². The summed E-state index contributed by atoms with van der Waals surface area (Å²) in [5.41, 5.74) is 2.71. The zero-order chi connectivity index (χ0) is 23.2. The number of nitrogens with zero attached hydrogens (tertiary/aromatic N) is 4. The second-order valence-corrected chi connectivity index (χ2v) is 9.27. The van der Waals surface area contributed by atoms with Gasteiger partial charge >= 0.3 is 6.03 Å². The number of carbonyl (C=O) groups excluding carboxylic acids is 2. The lowest BCUT2D eigenvalue weighted by Gasteiger charge is -2.25. The average molecular weight is 428 g/mol. The van der Waals surface area contributed by atoms with Crippen molar-refractivity contribution in [3.05, 3.63) is 41.6 Å². The van der Waals surface area contributed by atoms with E-state index in [9.17, 15) is 9.59 Å². The summed E-state index contributed by atoms with van der Waals surface area (Å²) in [7, 11) is 3.41. The molecule has 1 N–H and O–H groups in total. The summed E-state index contributed by atoms with van der Waals surface area (Å²) in [5, 5.41) is 7.75. The lowest BCUT2D eigenvalue weighted by atomic mass is 9.92. The van der Waals surface area contributed by atoms with Gasteiger partial charge in [0, 0.05) is 32.1 Å². The van der Waals surface area contributed by atoms with E-state index >= 15 is 0 Å². The van der Waals surface area contributed by atoms with Crippen LogP contribution in [0, 0.1) is 6.92 Å². The number of rotatable bonds is 8. The summed E-state index contributed by atoms with van der Waals surface area (Å²) >= 11 is 0. The summed E-state index contributed by atoms with van der Waals surface area (Å²) < 4.78 is 1.76. The number of carbonyl (C=O) groups is 2. The van der Waals surface area contributed by atoms with E-state index in [1.54, 1.807) is 23.7 Å². The van der Waals surface area contributed by atoms with Crippen molar-refractivity contribution in [3.63, 3.8) is 0 Å². The first-order chi connectivity index (χ1) is 14.5. The van der Waals surface area contributed by atoms with Crippen LogP contribution in [0.5, 0.6) is 0 Å². The van der Waals surface area contributed by atoms with Crippen LogP contribution in [0.15, 0.2) is 30.3 Å². The zero-order valence-electron chi connectivity index (χ0n) is 20.0. The molecule has 7 heteroatoms. The second-order valence-electron chi connectivity index (χ2n) is 9.27. The molecule has 0 bridgehead atoms.